The number of hydrogen-bond acceptors (Lipinski definition) is 0. The Morgan fingerprint density at radius 2 is 1.54 bits per heavy atom. The molecule has 0 N–H and O–H groups in total. The third kappa shape index (κ3) is 2.42. The van der Waals surface area contributed by atoms with Crippen LogP contribution in [0.5, 0.6) is 0 Å². The van der Waals surface area contributed by atoms with Crippen molar-refractivity contribution in [3.63, 3.8) is 0 Å². The molecule has 1 unspecified atom stereocenters. The minimum absolute atomic E-state index is 0.382. The van der Waals surface area contributed by atoms with Crippen molar-refractivity contribution >= 4 is 14.9 Å². The zero-order valence-electron chi connectivity index (χ0n) is 17.5. The van der Waals surface area contributed by atoms with E-state index in [4.69, 9.17) is 0 Å². The van der Waals surface area contributed by atoms with E-state index >= 15 is 0 Å². The molecule has 2 aliphatic rings. The summed E-state index contributed by atoms with van der Waals surface area (Å²) in [6.07, 6.45) is 2.39. The highest BCUT2D eigenvalue weighted by atomic mass is 28.3. The monoisotopic (exact) mass is 380 g/mol. The number of allylic oxidation sites excluding steroid dienone is 1. The fourth-order valence-electron chi connectivity index (χ4n) is 5.58. The van der Waals surface area contributed by atoms with Crippen LogP contribution in [0.4, 0.5) is 0 Å². The van der Waals surface area contributed by atoms with Gasteiger partial charge in [-0.15, -0.1) is 0 Å². The summed E-state index contributed by atoms with van der Waals surface area (Å²) >= 11 is 0. The van der Waals surface area contributed by atoms with Gasteiger partial charge >= 0.3 is 0 Å². The molecule has 3 aromatic carbocycles. The Morgan fingerprint density at radius 1 is 0.786 bits per heavy atom. The molecule has 2 aliphatic carbocycles. The van der Waals surface area contributed by atoms with E-state index in [1.807, 2.05) is 0 Å². The largest absolute Gasteiger partial charge is 0.0714 e. The molecule has 0 saturated heterocycles. The molecule has 0 amide bonds. The quantitative estimate of drug-likeness (QED) is 0.420. The van der Waals surface area contributed by atoms with Crippen LogP contribution >= 0.6 is 0 Å². The summed E-state index contributed by atoms with van der Waals surface area (Å²) in [5.74, 6) is 0.382. The summed E-state index contributed by atoms with van der Waals surface area (Å²) in [5, 5.41) is 0. The molecule has 2 atom stereocenters. The molecule has 0 bridgehead atoms. The second kappa shape index (κ2) is 6.32. The Bertz CT molecular complexity index is 1130. The average molecular weight is 381 g/mol. The van der Waals surface area contributed by atoms with Gasteiger partial charge in [0.05, 0.1) is 0 Å². The number of fused-ring (bicyclic) bond motifs is 4. The Morgan fingerprint density at radius 3 is 2.32 bits per heavy atom. The Labute approximate surface area is 170 Å². The van der Waals surface area contributed by atoms with Gasteiger partial charge in [-0.25, -0.2) is 0 Å². The number of rotatable bonds is 2. The third-order valence-corrected chi connectivity index (χ3v) is 8.80. The van der Waals surface area contributed by atoms with Crippen molar-refractivity contribution in [1.29, 1.82) is 0 Å². The third-order valence-electron chi connectivity index (χ3n) is 6.74. The van der Waals surface area contributed by atoms with Crippen LogP contribution in [-0.2, 0) is 0 Å². The van der Waals surface area contributed by atoms with Gasteiger partial charge in [-0.1, -0.05) is 84.9 Å². The molecule has 5 rings (SSSR count). The highest BCUT2D eigenvalue weighted by molar-refractivity contribution is 6.59. The van der Waals surface area contributed by atoms with E-state index in [-0.39, 0.29) is 0 Å². The standard InChI is InChI=1S/C27H28Si/c1-16-10-12-21-23(14-16)26-22(27(21)28(4)5)13-11-17(2)25(26)24-18(3)15-19-8-6-7-9-20(19)24/h6-15,24,27-28H,1-5H3/t24-,27?/m1/s1. The first-order valence-corrected chi connectivity index (χ1v) is 13.5. The fourth-order valence-corrected chi connectivity index (χ4v) is 7.58. The molecular formula is C27H28Si. The summed E-state index contributed by atoms with van der Waals surface area (Å²) < 4.78 is 0. The zero-order chi connectivity index (χ0) is 19.6. The predicted octanol–water partition coefficient (Wildman–Crippen LogP) is 6.99. The van der Waals surface area contributed by atoms with Gasteiger partial charge in [0.25, 0.3) is 0 Å². The molecule has 140 valence electrons. The Kier molecular flexibility index (Phi) is 3.99. The van der Waals surface area contributed by atoms with Crippen LogP contribution < -0.4 is 0 Å². The summed E-state index contributed by atoms with van der Waals surface area (Å²) in [5.41, 5.74) is 15.5. The van der Waals surface area contributed by atoms with Crippen LogP contribution in [0.1, 0.15) is 57.3 Å². The summed E-state index contributed by atoms with van der Waals surface area (Å²) in [6, 6.07) is 20.9. The lowest BCUT2D eigenvalue weighted by Crippen LogP contribution is -2.15. The van der Waals surface area contributed by atoms with Crippen LogP contribution in [0, 0.1) is 13.8 Å². The van der Waals surface area contributed by atoms with Gasteiger partial charge < -0.3 is 0 Å². The van der Waals surface area contributed by atoms with Crippen LogP contribution in [0.15, 0.2) is 60.2 Å². The van der Waals surface area contributed by atoms with Crippen molar-refractivity contribution in [2.75, 3.05) is 0 Å². The van der Waals surface area contributed by atoms with E-state index in [1.165, 1.54) is 33.4 Å². The molecule has 0 fully saturated rings. The highest BCUT2D eigenvalue weighted by Gasteiger charge is 2.36. The fraction of sp³-hybridized carbons (Fsp3) is 0.259. The molecule has 0 heterocycles. The van der Waals surface area contributed by atoms with Gasteiger partial charge in [-0.2, -0.15) is 0 Å². The van der Waals surface area contributed by atoms with Gasteiger partial charge in [0.2, 0.25) is 0 Å². The highest BCUT2D eigenvalue weighted by Crippen LogP contribution is 2.53. The van der Waals surface area contributed by atoms with E-state index in [2.05, 4.69) is 94.5 Å². The first-order valence-electron chi connectivity index (χ1n) is 10.5. The van der Waals surface area contributed by atoms with Crippen LogP contribution in [0.25, 0.3) is 17.2 Å². The van der Waals surface area contributed by atoms with Crippen molar-refractivity contribution in [2.45, 2.75) is 45.3 Å². The summed E-state index contributed by atoms with van der Waals surface area (Å²) in [4.78, 5) is 0. The smallest absolute Gasteiger partial charge is 0.0444 e. The van der Waals surface area contributed by atoms with Gasteiger partial charge in [0.1, 0.15) is 0 Å². The first kappa shape index (κ1) is 17.7. The molecular weight excluding hydrogens is 352 g/mol. The van der Waals surface area contributed by atoms with Gasteiger partial charge in [-0.05, 0) is 65.3 Å². The molecule has 0 nitrogen and oxygen atoms in total. The maximum Gasteiger partial charge on any atom is 0.0444 e. The van der Waals surface area contributed by atoms with Gasteiger partial charge in [0, 0.05) is 20.3 Å². The Balaban J connectivity index is 1.84. The molecule has 0 spiro atoms. The predicted molar refractivity (Wildman–Crippen MR) is 124 cm³/mol. The lowest BCUT2D eigenvalue weighted by Gasteiger charge is -2.23. The number of benzene rings is 3. The lowest BCUT2D eigenvalue weighted by atomic mass is 9.81. The first-order chi connectivity index (χ1) is 13.5. The van der Waals surface area contributed by atoms with E-state index < -0.39 is 8.80 Å². The SMILES string of the molecule is CC1=Cc2ccccc2[C@@H]1c1c(C)ccc2c1-c1cc(C)ccc1C2[SiH](C)C. The minimum atomic E-state index is -0.880. The van der Waals surface area contributed by atoms with Crippen molar-refractivity contribution in [2.24, 2.45) is 0 Å². The van der Waals surface area contributed by atoms with Crippen LogP contribution in [-0.4, -0.2) is 8.80 Å². The van der Waals surface area contributed by atoms with E-state index in [0.717, 1.165) is 0 Å². The lowest BCUT2D eigenvalue weighted by molar-refractivity contribution is 0.961. The molecule has 0 radical (unpaired) electrons. The number of aryl methyl sites for hydroxylation is 2. The van der Waals surface area contributed by atoms with Gasteiger partial charge in [0.15, 0.2) is 0 Å². The molecule has 0 aromatic heterocycles. The second-order valence-electron chi connectivity index (χ2n) is 9.02. The van der Waals surface area contributed by atoms with Gasteiger partial charge in [-0.3, -0.25) is 0 Å². The normalized spacial score (nSPS) is 19.4. The van der Waals surface area contributed by atoms with E-state index in [9.17, 15) is 0 Å². The molecule has 28 heavy (non-hydrogen) atoms. The van der Waals surface area contributed by atoms with Crippen LogP contribution in [0.3, 0.4) is 0 Å². The summed E-state index contributed by atoms with van der Waals surface area (Å²) in [7, 11) is -0.880. The van der Waals surface area contributed by atoms with E-state index in [1.54, 1.807) is 22.3 Å². The molecule has 0 aliphatic heterocycles. The zero-order valence-corrected chi connectivity index (χ0v) is 18.7. The van der Waals surface area contributed by atoms with Crippen LogP contribution in [0.2, 0.25) is 13.1 Å². The van der Waals surface area contributed by atoms with E-state index in [0.29, 0.717) is 11.5 Å². The Hall–Kier alpha value is -2.38. The topological polar surface area (TPSA) is 0 Å². The summed E-state index contributed by atoms with van der Waals surface area (Å²) in [6.45, 7) is 11.8. The van der Waals surface area contributed by atoms with Crippen molar-refractivity contribution < 1.29 is 0 Å². The average Bonchev–Trinajstić information content (AvgIpc) is 3.16. The van der Waals surface area contributed by atoms with Crippen molar-refractivity contribution in [3.8, 4) is 11.1 Å². The minimum Gasteiger partial charge on any atom is -0.0714 e. The second-order valence-corrected chi connectivity index (χ2v) is 12.2. The molecule has 3 aromatic rings. The maximum absolute atomic E-state index is 2.50. The molecule has 1 heteroatoms. The van der Waals surface area contributed by atoms with Crippen molar-refractivity contribution in [1.82, 2.24) is 0 Å². The number of hydrogen-bond donors (Lipinski definition) is 0. The maximum atomic E-state index is 2.50. The van der Waals surface area contributed by atoms with Crippen molar-refractivity contribution in [3.05, 3.63) is 99.1 Å². The molecule has 0 saturated carbocycles.